The number of likely N-dealkylation sites (tertiary alicyclic amines) is 1. The van der Waals surface area contributed by atoms with Gasteiger partial charge in [-0.2, -0.15) is 0 Å². The van der Waals surface area contributed by atoms with Gasteiger partial charge in [0.25, 0.3) is 0 Å². The number of benzene rings is 1. The number of aromatic nitrogens is 1. The van der Waals surface area contributed by atoms with Crippen molar-refractivity contribution in [2.75, 3.05) is 6.54 Å². The number of aryl methyl sites for hydroxylation is 1. The second-order valence-electron chi connectivity index (χ2n) is 6.24. The maximum atomic E-state index is 11.2. The number of carbonyl (C=O) groups excluding carboxylic acids is 1. The van der Waals surface area contributed by atoms with E-state index in [9.17, 15) is 4.79 Å². The van der Waals surface area contributed by atoms with Crippen molar-refractivity contribution in [2.24, 2.45) is 5.92 Å². The lowest BCUT2D eigenvalue weighted by Gasteiger charge is -2.11. The summed E-state index contributed by atoms with van der Waals surface area (Å²) in [6, 6.07) is 11.9. The number of allylic oxidation sites excluding steroid dienone is 1. The molecule has 3 rings (SSSR count). The van der Waals surface area contributed by atoms with E-state index in [2.05, 4.69) is 48.9 Å². The van der Waals surface area contributed by atoms with Crippen LogP contribution in [-0.4, -0.2) is 22.8 Å². The lowest BCUT2D eigenvalue weighted by Crippen LogP contribution is -2.16. The predicted molar refractivity (Wildman–Crippen MR) is 95.9 cm³/mol. The van der Waals surface area contributed by atoms with Gasteiger partial charge in [-0.1, -0.05) is 25.0 Å². The van der Waals surface area contributed by atoms with Crippen LogP contribution in [0.5, 0.6) is 0 Å². The van der Waals surface area contributed by atoms with E-state index in [1.165, 1.54) is 5.56 Å². The predicted octanol–water partition coefficient (Wildman–Crippen LogP) is 3.63. The van der Waals surface area contributed by atoms with E-state index in [1.807, 2.05) is 24.3 Å². The monoisotopic (exact) mass is 316 g/mol. The Morgan fingerprint density at radius 1 is 1.25 bits per heavy atom. The van der Waals surface area contributed by atoms with Crippen LogP contribution in [0.25, 0.3) is 6.08 Å². The van der Waals surface area contributed by atoms with Gasteiger partial charge in [0.2, 0.25) is 6.41 Å². The standard InChI is InChI=1S/C21H20N2O/c1-16-11-21(23(14-16)15-24)13-19-12-18(7-6-17(19)2)8-9-20-5-3-4-10-22-20/h3-7,10,12-13,15-16H,11,14H2,1-2H3/b21-13-. The second kappa shape index (κ2) is 7.14. The SMILES string of the molecule is Cc1ccc(C#Cc2ccccn2)cc1/C=C1/CC(C)CN1C=O. The molecule has 1 atom stereocenters. The van der Waals surface area contributed by atoms with Crippen LogP contribution >= 0.6 is 0 Å². The molecule has 1 unspecified atom stereocenters. The number of pyridine rings is 1. The van der Waals surface area contributed by atoms with Gasteiger partial charge >= 0.3 is 0 Å². The Balaban J connectivity index is 1.90. The minimum Gasteiger partial charge on any atom is -0.318 e. The summed E-state index contributed by atoms with van der Waals surface area (Å²) in [7, 11) is 0. The largest absolute Gasteiger partial charge is 0.318 e. The zero-order chi connectivity index (χ0) is 16.9. The fourth-order valence-corrected chi connectivity index (χ4v) is 2.87. The van der Waals surface area contributed by atoms with Gasteiger partial charge in [-0.3, -0.25) is 4.79 Å². The highest BCUT2D eigenvalue weighted by atomic mass is 16.1. The van der Waals surface area contributed by atoms with Crippen LogP contribution in [0.15, 0.2) is 48.3 Å². The second-order valence-corrected chi connectivity index (χ2v) is 6.24. The van der Waals surface area contributed by atoms with Crippen LogP contribution < -0.4 is 0 Å². The molecule has 24 heavy (non-hydrogen) atoms. The van der Waals surface area contributed by atoms with Crippen molar-refractivity contribution in [2.45, 2.75) is 20.3 Å². The van der Waals surface area contributed by atoms with Gasteiger partial charge in [0, 0.05) is 24.0 Å². The molecule has 0 spiro atoms. The van der Waals surface area contributed by atoms with E-state index < -0.39 is 0 Å². The molecule has 1 saturated heterocycles. The maximum absolute atomic E-state index is 11.2. The Hall–Kier alpha value is -2.86. The van der Waals surface area contributed by atoms with E-state index in [0.717, 1.165) is 41.9 Å². The summed E-state index contributed by atoms with van der Waals surface area (Å²) >= 11 is 0. The molecule has 120 valence electrons. The van der Waals surface area contributed by atoms with Crippen molar-refractivity contribution in [3.63, 3.8) is 0 Å². The minimum absolute atomic E-state index is 0.508. The van der Waals surface area contributed by atoms with Crippen molar-refractivity contribution in [3.05, 3.63) is 70.7 Å². The van der Waals surface area contributed by atoms with E-state index in [1.54, 1.807) is 11.1 Å². The first-order chi connectivity index (χ1) is 11.7. The number of amides is 1. The average molecular weight is 316 g/mol. The van der Waals surface area contributed by atoms with Gasteiger partial charge < -0.3 is 4.90 Å². The van der Waals surface area contributed by atoms with Gasteiger partial charge in [0.15, 0.2) is 0 Å². The average Bonchev–Trinajstić information content (AvgIpc) is 2.96. The molecule has 1 aliphatic heterocycles. The van der Waals surface area contributed by atoms with E-state index >= 15 is 0 Å². The van der Waals surface area contributed by atoms with Crippen molar-refractivity contribution >= 4 is 12.5 Å². The highest BCUT2D eigenvalue weighted by molar-refractivity contribution is 5.64. The number of carbonyl (C=O) groups is 1. The Morgan fingerprint density at radius 3 is 2.88 bits per heavy atom. The quantitative estimate of drug-likeness (QED) is 0.626. The molecule has 2 aromatic rings. The highest BCUT2D eigenvalue weighted by Crippen LogP contribution is 2.27. The molecule has 1 amide bonds. The molecule has 0 saturated carbocycles. The van der Waals surface area contributed by atoms with E-state index in [0.29, 0.717) is 5.92 Å². The summed E-state index contributed by atoms with van der Waals surface area (Å²) in [6.45, 7) is 5.04. The number of rotatable bonds is 2. The van der Waals surface area contributed by atoms with Crippen molar-refractivity contribution < 1.29 is 4.79 Å². The topological polar surface area (TPSA) is 33.2 Å². The lowest BCUT2D eigenvalue weighted by atomic mass is 10.0. The van der Waals surface area contributed by atoms with Crippen LogP contribution in [0, 0.1) is 24.7 Å². The molecule has 1 fully saturated rings. The van der Waals surface area contributed by atoms with E-state index in [4.69, 9.17) is 0 Å². The third kappa shape index (κ3) is 3.72. The summed E-state index contributed by atoms with van der Waals surface area (Å²) in [4.78, 5) is 17.2. The molecule has 1 aromatic heterocycles. The van der Waals surface area contributed by atoms with Gasteiger partial charge in [-0.15, -0.1) is 0 Å². The molecule has 2 heterocycles. The van der Waals surface area contributed by atoms with Gasteiger partial charge in [0.05, 0.1) is 0 Å². The lowest BCUT2D eigenvalue weighted by molar-refractivity contribution is -0.116. The van der Waals surface area contributed by atoms with Gasteiger partial charge in [-0.25, -0.2) is 4.98 Å². The molecule has 1 aromatic carbocycles. The summed E-state index contributed by atoms with van der Waals surface area (Å²) in [5, 5.41) is 0. The van der Waals surface area contributed by atoms with Gasteiger partial charge in [-0.05, 0) is 66.7 Å². The maximum Gasteiger partial charge on any atom is 0.213 e. The first-order valence-electron chi connectivity index (χ1n) is 8.12. The molecule has 3 nitrogen and oxygen atoms in total. The zero-order valence-corrected chi connectivity index (χ0v) is 14.0. The van der Waals surface area contributed by atoms with Gasteiger partial charge in [0.1, 0.15) is 5.69 Å². The minimum atomic E-state index is 0.508. The Kier molecular flexibility index (Phi) is 4.77. The van der Waals surface area contributed by atoms with Crippen LogP contribution in [0.4, 0.5) is 0 Å². The smallest absolute Gasteiger partial charge is 0.213 e. The summed E-state index contributed by atoms with van der Waals surface area (Å²) in [5.74, 6) is 6.75. The Morgan fingerprint density at radius 2 is 2.12 bits per heavy atom. The van der Waals surface area contributed by atoms with E-state index in [-0.39, 0.29) is 0 Å². The van der Waals surface area contributed by atoms with Crippen molar-refractivity contribution in [1.82, 2.24) is 9.88 Å². The van der Waals surface area contributed by atoms with Crippen molar-refractivity contribution in [3.8, 4) is 11.8 Å². The zero-order valence-electron chi connectivity index (χ0n) is 14.0. The molecule has 0 aliphatic carbocycles. The molecule has 3 heteroatoms. The number of nitrogens with zero attached hydrogens (tertiary/aromatic N) is 2. The molecular weight excluding hydrogens is 296 g/mol. The first kappa shape index (κ1) is 16.0. The number of hydrogen-bond acceptors (Lipinski definition) is 2. The highest BCUT2D eigenvalue weighted by Gasteiger charge is 2.22. The molecule has 0 N–H and O–H groups in total. The first-order valence-corrected chi connectivity index (χ1v) is 8.12. The number of hydrogen-bond donors (Lipinski definition) is 0. The van der Waals surface area contributed by atoms with Crippen LogP contribution in [0.2, 0.25) is 0 Å². The fraction of sp³-hybridized carbons (Fsp3) is 0.238. The third-order valence-corrected chi connectivity index (χ3v) is 4.16. The molecule has 0 radical (unpaired) electrons. The summed E-state index contributed by atoms with van der Waals surface area (Å²) < 4.78 is 0. The van der Waals surface area contributed by atoms with Crippen molar-refractivity contribution in [1.29, 1.82) is 0 Å². The normalized spacial score (nSPS) is 18.3. The third-order valence-electron chi connectivity index (χ3n) is 4.16. The fourth-order valence-electron chi connectivity index (χ4n) is 2.87. The van der Waals surface area contributed by atoms with Crippen LogP contribution in [0.1, 0.15) is 35.7 Å². The summed E-state index contributed by atoms with van der Waals surface area (Å²) in [5.41, 5.74) is 5.07. The Labute approximate surface area is 143 Å². The van der Waals surface area contributed by atoms with Crippen LogP contribution in [-0.2, 0) is 4.79 Å². The summed E-state index contributed by atoms with van der Waals surface area (Å²) in [6.07, 6.45) is 5.71. The molecular formula is C21H20N2O. The van der Waals surface area contributed by atoms with Crippen LogP contribution in [0.3, 0.4) is 0 Å². The molecule has 1 aliphatic rings. The molecule has 0 bridgehead atoms. The Bertz CT molecular complexity index is 828.